The van der Waals surface area contributed by atoms with Crippen LogP contribution in [0.1, 0.15) is 25.3 Å². The van der Waals surface area contributed by atoms with Gasteiger partial charge in [-0.15, -0.1) is 0 Å². The maximum Gasteiger partial charge on any atom is 0.217 e. The van der Waals surface area contributed by atoms with Gasteiger partial charge in [0.05, 0.1) is 6.61 Å². The van der Waals surface area contributed by atoms with E-state index in [0.29, 0.717) is 13.0 Å². The van der Waals surface area contributed by atoms with Crippen LogP contribution in [-0.4, -0.2) is 19.1 Å². The van der Waals surface area contributed by atoms with E-state index in [1.165, 1.54) is 0 Å². The largest absolute Gasteiger partial charge is 0.494 e. The van der Waals surface area contributed by atoms with Gasteiger partial charge in [-0.2, -0.15) is 0 Å². The number of amides is 1. The van der Waals surface area contributed by atoms with Crippen LogP contribution in [-0.2, 0) is 11.3 Å². The number of nitrogens with one attached hydrogen (secondary N) is 1. The summed E-state index contributed by atoms with van der Waals surface area (Å²) in [7, 11) is 0. The SMILES string of the molecule is CCOc1ccccc1CNCCCC(N)=O. The molecule has 94 valence electrons. The van der Waals surface area contributed by atoms with Gasteiger partial charge in [0.1, 0.15) is 5.75 Å². The van der Waals surface area contributed by atoms with Crippen LogP contribution in [0.15, 0.2) is 24.3 Å². The molecule has 0 heterocycles. The van der Waals surface area contributed by atoms with Crippen LogP contribution in [0.4, 0.5) is 0 Å². The maximum atomic E-state index is 10.5. The van der Waals surface area contributed by atoms with E-state index in [-0.39, 0.29) is 5.91 Å². The van der Waals surface area contributed by atoms with E-state index in [4.69, 9.17) is 10.5 Å². The first-order chi connectivity index (χ1) is 8.24. The average Bonchev–Trinajstić information content (AvgIpc) is 2.31. The third-order valence-corrected chi connectivity index (χ3v) is 2.36. The summed E-state index contributed by atoms with van der Waals surface area (Å²) in [4.78, 5) is 10.5. The third kappa shape index (κ3) is 5.36. The molecular weight excluding hydrogens is 216 g/mol. The lowest BCUT2D eigenvalue weighted by molar-refractivity contribution is -0.118. The molecule has 0 atom stereocenters. The van der Waals surface area contributed by atoms with Crippen molar-refractivity contribution in [1.29, 1.82) is 0 Å². The second-order valence-corrected chi connectivity index (χ2v) is 3.79. The highest BCUT2D eigenvalue weighted by atomic mass is 16.5. The van der Waals surface area contributed by atoms with Crippen molar-refractivity contribution in [3.63, 3.8) is 0 Å². The Hall–Kier alpha value is -1.55. The molecule has 17 heavy (non-hydrogen) atoms. The van der Waals surface area contributed by atoms with Crippen LogP contribution in [0.2, 0.25) is 0 Å². The van der Waals surface area contributed by atoms with Gasteiger partial charge in [-0.25, -0.2) is 0 Å². The van der Waals surface area contributed by atoms with Crippen LogP contribution >= 0.6 is 0 Å². The first-order valence-corrected chi connectivity index (χ1v) is 5.93. The molecule has 1 aromatic carbocycles. The second kappa shape index (κ2) is 7.68. The number of para-hydroxylation sites is 1. The Morgan fingerprint density at radius 2 is 2.18 bits per heavy atom. The van der Waals surface area contributed by atoms with Gasteiger partial charge in [0.25, 0.3) is 0 Å². The fourth-order valence-electron chi connectivity index (χ4n) is 1.56. The van der Waals surface area contributed by atoms with Crippen molar-refractivity contribution >= 4 is 5.91 Å². The number of hydrogen-bond acceptors (Lipinski definition) is 3. The summed E-state index contributed by atoms with van der Waals surface area (Å²) >= 11 is 0. The Morgan fingerprint density at radius 1 is 1.41 bits per heavy atom. The smallest absolute Gasteiger partial charge is 0.217 e. The highest BCUT2D eigenvalue weighted by Gasteiger charge is 2.01. The zero-order chi connectivity index (χ0) is 12.5. The molecule has 0 saturated carbocycles. The van der Waals surface area contributed by atoms with Gasteiger partial charge in [0.15, 0.2) is 0 Å². The normalized spacial score (nSPS) is 10.2. The van der Waals surface area contributed by atoms with Gasteiger partial charge in [-0.1, -0.05) is 18.2 Å². The van der Waals surface area contributed by atoms with E-state index in [1.807, 2.05) is 31.2 Å². The summed E-state index contributed by atoms with van der Waals surface area (Å²) in [6, 6.07) is 7.94. The van der Waals surface area contributed by atoms with Crippen molar-refractivity contribution in [3.05, 3.63) is 29.8 Å². The number of carbonyl (C=O) groups is 1. The number of rotatable bonds is 8. The molecular formula is C13H20N2O2. The Bertz CT molecular complexity index is 353. The number of benzene rings is 1. The lowest BCUT2D eigenvalue weighted by Crippen LogP contribution is -2.18. The zero-order valence-corrected chi connectivity index (χ0v) is 10.2. The number of ether oxygens (including phenoxy) is 1. The second-order valence-electron chi connectivity index (χ2n) is 3.79. The van der Waals surface area contributed by atoms with E-state index in [9.17, 15) is 4.79 Å². The molecule has 0 radical (unpaired) electrons. The molecule has 0 spiro atoms. The minimum atomic E-state index is -0.249. The molecule has 0 saturated heterocycles. The maximum absolute atomic E-state index is 10.5. The van der Waals surface area contributed by atoms with Gasteiger partial charge in [-0.05, 0) is 26.0 Å². The van der Waals surface area contributed by atoms with Crippen LogP contribution < -0.4 is 15.8 Å². The monoisotopic (exact) mass is 236 g/mol. The molecule has 4 heteroatoms. The third-order valence-electron chi connectivity index (χ3n) is 2.36. The Balaban J connectivity index is 2.33. The van der Waals surface area contributed by atoms with E-state index >= 15 is 0 Å². The summed E-state index contributed by atoms with van der Waals surface area (Å²) in [6.45, 7) is 4.16. The number of carbonyl (C=O) groups excluding carboxylic acids is 1. The summed E-state index contributed by atoms with van der Waals surface area (Å²) < 4.78 is 5.52. The average molecular weight is 236 g/mol. The van der Waals surface area contributed by atoms with Gasteiger partial charge >= 0.3 is 0 Å². The van der Waals surface area contributed by atoms with Crippen molar-refractivity contribution < 1.29 is 9.53 Å². The summed E-state index contributed by atoms with van der Waals surface area (Å²) in [5.74, 6) is 0.666. The van der Waals surface area contributed by atoms with Crippen molar-refractivity contribution in [3.8, 4) is 5.75 Å². The molecule has 1 amide bonds. The standard InChI is InChI=1S/C13H20N2O2/c1-2-17-12-7-4-3-6-11(12)10-15-9-5-8-13(14)16/h3-4,6-7,15H,2,5,8-10H2,1H3,(H2,14,16). The van der Waals surface area contributed by atoms with Crippen LogP contribution in [0, 0.1) is 0 Å². The van der Waals surface area contributed by atoms with Gasteiger partial charge < -0.3 is 15.8 Å². The number of nitrogens with two attached hydrogens (primary N) is 1. The zero-order valence-electron chi connectivity index (χ0n) is 10.2. The van der Waals surface area contributed by atoms with Crippen molar-refractivity contribution in [1.82, 2.24) is 5.32 Å². The highest BCUT2D eigenvalue weighted by Crippen LogP contribution is 2.17. The molecule has 3 N–H and O–H groups in total. The van der Waals surface area contributed by atoms with Crippen LogP contribution in [0.25, 0.3) is 0 Å². The fraction of sp³-hybridized carbons (Fsp3) is 0.462. The quantitative estimate of drug-likeness (QED) is 0.671. The molecule has 0 aromatic heterocycles. The topological polar surface area (TPSA) is 64.3 Å². The highest BCUT2D eigenvalue weighted by molar-refractivity contribution is 5.73. The fourth-order valence-corrected chi connectivity index (χ4v) is 1.56. The number of primary amides is 1. The van der Waals surface area contributed by atoms with Crippen LogP contribution in [0.5, 0.6) is 5.75 Å². The van der Waals surface area contributed by atoms with Crippen molar-refractivity contribution in [2.45, 2.75) is 26.3 Å². The lowest BCUT2D eigenvalue weighted by atomic mass is 10.2. The van der Waals surface area contributed by atoms with Crippen molar-refractivity contribution in [2.24, 2.45) is 5.73 Å². The van der Waals surface area contributed by atoms with Gasteiger partial charge in [0, 0.05) is 18.5 Å². The molecule has 1 aromatic rings. The minimum absolute atomic E-state index is 0.249. The molecule has 1 rings (SSSR count). The van der Waals surface area contributed by atoms with E-state index in [0.717, 1.165) is 30.8 Å². The Kier molecular flexibility index (Phi) is 6.10. The summed E-state index contributed by atoms with van der Waals surface area (Å²) in [5, 5.41) is 3.27. The molecule has 0 aliphatic rings. The van der Waals surface area contributed by atoms with Gasteiger partial charge in [0.2, 0.25) is 5.91 Å². The predicted octanol–water partition coefficient (Wildman–Crippen LogP) is 1.44. The summed E-state index contributed by atoms with van der Waals surface area (Å²) in [6.07, 6.45) is 1.20. The van der Waals surface area contributed by atoms with E-state index < -0.39 is 0 Å². The van der Waals surface area contributed by atoms with Crippen LogP contribution in [0.3, 0.4) is 0 Å². The van der Waals surface area contributed by atoms with E-state index in [2.05, 4.69) is 5.32 Å². The predicted molar refractivity (Wildman–Crippen MR) is 67.7 cm³/mol. The Morgan fingerprint density at radius 3 is 2.88 bits per heavy atom. The molecule has 0 aliphatic carbocycles. The number of hydrogen-bond donors (Lipinski definition) is 2. The summed E-state index contributed by atoms with van der Waals surface area (Å²) in [5.41, 5.74) is 6.20. The van der Waals surface area contributed by atoms with E-state index in [1.54, 1.807) is 0 Å². The first kappa shape index (κ1) is 13.5. The molecule has 0 aliphatic heterocycles. The molecule has 4 nitrogen and oxygen atoms in total. The minimum Gasteiger partial charge on any atom is -0.494 e. The first-order valence-electron chi connectivity index (χ1n) is 5.93. The molecule has 0 fully saturated rings. The van der Waals surface area contributed by atoms with Gasteiger partial charge in [-0.3, -0.25) is 4.79 Å². The Labute approximate surface area is 102 Å². The van der Waals surface area contributed by atoms with Crippen molar-refractivity contribution in [2.75, 3.05) is 13.2 Å². The molecule has 0 bridgehead atoms. The molecule has 0 unspecified atom stereocenters. The lowest BCUT2D eigenvalue weighted by Gasteiger charge is -2.10.